The highest BCUT2D eigenvalue weighted by molar-refractivity contribution is 6.18. The van der Waals surface area contributed by atoms with Crippen LogP contribution < -0.4 is 0 Å². The zero-order valence-corrected chi connectivity index (χ0v) is 10.00. The third-order valence-corrected chi connectivity index (χ3v) is 2.74. The summed E-state index contributed by atoms with van der Waals surface area (Å²) in [6.45, 7) is 4.53. The number of halogens is 1. The second kappa shape index (κ2) is 5.91. The van der Waals surface area contributed by atoms with Gasteiger partial charge in [-0.15, -0.1) is 11.6 Å². The van der Waals surface area contributed by atoms with Crippen molar-refractivity contribution in [3.63, 3.8) is 0 Å². The van der Waals surface area contributed by atoms with Crippen molar-refractivity contribution in [3.8, 4) is 0 Å². The SMILES string of the molecule is CCn1cc(CC(CCCl)C(C)=O)cn1. The number of ketones is 1. The first-order valence-corrected chi connectivity index (χ1v) is 5.78. The molecule has 84 valence electrons. The lowest BCUT2D eigenvalue weighted by Crippen LogP contribution is -2.14. The van der Waals surface area contributed by atoms with Gasteiger partial charge in [-0.3, -0.25) is 9.48 Å². The normalized spacial score (nSPS) is 12.7. The van der Waals surface area contributed by atoms with Crippen molar-refractivity contribution >= 4 is 17.4 Å². The number of aromatic nitrogens is 2. The quantitative estimate of drug-likeness (QED) is 0.701. The number of aryl methyl sites for hydroxylation is 1. The first-order chi connectivity index (χ1) is 7.17. The molecule has 1 aromatic rings. The number of alkyl halides is 1. The fraction of sp³-hybridized carbons (Fsp3) is 0.636. The molecule has 1 atom stereocenters. The first-order valence-electron chi connectivity index (χ1n) is 5.25. The Kier molecular flexibility index (Phi) is 4.82. The summed E-state index contributed by atoms with van der Waals surface area (Å²) in [5.74, 6) is 0.781. The van der Waals surface area contributed by atoms with Gasteiger partial charge in [-0.2, -0.15) is 5.10 Å². The highest BCUT2D eigenvalue weighted by atomic mass is 35.5. The number of hydrogen-bond donors (Lipinski definition) is 0. The average molecular weight is 229 g/mol. The molecule has 1 unspecified atom stereocenters. The predicted octanol–water partition coefficient (Wildman–Crippen LogP) is 2.28. The van der Waals surface area contributed by atoms with Crippen LogP contribution in [0.2, 0.25) is 0 Å². The molecule has 0 aliphatic heterocycles. The lowest BCUT2D eigenvalue weighted by molar-refractivity contribution is -0.120. The molecule has 0 aliphatic rings. The summed E-state index contributed by atoms with van der Waals surface area (Å²) >= 11 is 5.67. The summed E-state index contributed by atoms with van der Waals surface area (Å²) in [5.41, 5.74) is 1.11. The van der Waals surface area contributed by atoms with E-state index in [1.165, 1.54) is 0 Å². The number of rotatable bonds is 6. The Hall–Kier alpha value is -0.830. The third kappa shape index (κ3) is 3.67. The number of hydrogen-bond acceptors (Lipinski definition) is 2. The minimum atomic E-state index is 0.0389. The van der Waals surface area contributed by atoms with Crippen LogP contribution >= 0.6 is 11.6 Å². The highest BCUT2D eigenvalue weighted by Gasteiger charge is 2.14. The van der Waals surface area contributed by atoms with E-state index in [0.717, 1.165) is 24.9 Å². The molecule has 1 heterocycles. The van der Waals surface area contributed by atoms with E-state index in [1.807, 2.05) is 24.0 Å². The van der Waals surface area contributed by atoms with Crippen molar-refractivity contribution in [1.82, 2.24) is 9.78 Å². The first kappa shape index (κ1) is 12.2. The smallest absolute Gasteiger partial charge is 0.133 e. The Labute approximate surface area is 95.4 Å². The molecule has 0 fully saturated rings. The van der Waals surface area contributed by atoms with Gasteiger partial charge in [0, 0.05) is 24.5 Å². The van der Waals surface area contributed by atoms with Crippen LogP contribution in [-0.2, 0) is 17.8 Å². The molecule has 0 aliphatic carbocycles. The zero-order chi connectivity index (χ0) is 11.3. The largest absolute Gasteiger partial charge is 0.300 e. The Balaban J connectivity index is 2.61. The van der Waals surface area contributed by atoms with Gasteiger partial charge in [-0.05, 0) is 32.3 Å². The Morgan fingerprint density at radius 2 is 2.40 bits per heavy atom. The lowest BCUT2D eigenvalue weighted by Gasteiger charge is -2.09. The number of Topliss-reactive ketones (excluding diaryl/α,β-unsaturated/α-hetero) is 1. The van der Waals surface area contributed by atoms with Gasteiger partial charge in [0.25, 0.3) is 0 Å². The summed E-state index contributed by atoms with van der Waals surface area (Å²) in [5, 5.41) is 4.18. The molecule has 4 heteroatoms. The van der Waals surface area contributed by atoms with Crippen LogP contribution in [0.3, 0.4) is 0 Å². The zero-order valence-electron chi connectivity index (χ0n) is 9.24. The summed E-state index contributed by atoms with van der Waals surface area (Å²) in [6.07, 6.45) is 5.31. The summed E-state index contributed by atoms with van der Waals surface area (Å²) in [7, 11) is 0. The molecule has 1 rings (SSSR count). The van der Waals surface area contributed by atoms with Crippen molar-refractivity contribution in [3.05, 3.63) is 18.0 Å². The van der Waals surface area contributed by atoms with Gasteiger partial charge >= 0.3 is 0 Å². The average Bonchev–Trinajstić information content (AvgIpc) is 2.65. The van der Waals surface area contributed by atoms with E-state index < -0.39 is 0 Å². The molecule has 0 radical (unpaired) electrons. The van der Waals surface area contributed by atoms with Crippen LogP contribution in [0.1, 0.15) is 25.8 Å². The Morgan fingerprint density at radius 1 is 1.67 bits per heavy atom. The number of carbonyl (C=O) groups excluding carboxylic acids is 1. The van der Waals surface area contributed by atoms with E-state index in [1.54, 1.807) is 6.92 Å². The maximum Gasteiger partial charge on any atom is 0.133 e. The van der Waals surface area contributed by atoms with Gasteiger partial charge in [0.05, 0.1) is 6.20 Å². The van der Waals surface area contributed by atoms with Crippen LogP contribution in [0.25, 0.3) is 0 Å². The Morgan fingerprint density at radius 3 is 2.87 bits per heavy atom. The molecule has 0 bridgehead atoms. The van der Waals surface area contributed by atoms with Crippen molar-refractivity contribution < 1.29 is 4.79 Å². The van der Waals surface area contributed by atoms with Gasteiger partial charge in [0.2, 0.25) is 0 Å². The second-order valence-electron chi connectivity index (χ2n) is 3.69. The van der Waals surface area contributed by atoms with Gasteiger partial charge in [0.1, 0.15) is 5.78 Å². The van der Waals surface area contributed by atoms with Crippen LogP contribution in [0.15, 0.2) is 12.4 Å². The maximum absolute atomic E-state index is 11.3. The molecule has 15 heavy (non-hydrogen) atoms. The van der Waals surface area contributed by atoms with Crippen molar-refractivity contribution in [2.24, 2.45) is 5.92 Å². The van der Waals surface area contributed by atoms with Crippen molar-refractivity contribution in [2.45, 2.75) is 33.2 Å². The van der Waals surface area contributed by atoms with Gasteiger partial charge in [-0.1, -0.05) is 0 Å². The fourth-order valence-corrected chi connectivity index (χ4v) is 1.81. The van der Waals surface area contributed by atoms with Crippen LogP contribution in [0.5, 0.6) is 0 Å². The molecule has 0 saturated carbocycles. The predicted molar refractivity (Wildman–Crippen MR) is 61.1 cm³/mol. The van der Waals surface area contributed by atoms with Crippen LogP contribution in [-0.4, -0.2) is 21.4 Å². The topological polar surface area (TPSA) is 34.9 Å². The standard InChI is InChI=1S/C11H17ClN2O/c1-3-14-8-10(7-13-14)6-11(4-5-12)9(2)15/h7-8,11H,3-6H2,1-2H3. The Bertz CT molecular complexity index is 322. The summed E-state index contributed by atoms with van der Waals surface area (Å²) in [6, 6.07) is 0. The van der Waals surface area contributed by atoms with Crippen LogP contribution in [0.4, 0.5) is 0 Å². The van der Waals surface area contributed by atoms with Crippen molar-refractivity contribution in [1.29, 1.82) is 0 Å². The monoisotopic (exact) mass is 228 g/mol. The molecule has 0 spiro atoms. The van der Waals surface area contributed by atoms with E-state index in [9.17, 15) is 4.79 Å². The van der Waals surface area contributed by atoms with Crippen molar-refractivity contribution in [2.75, 3.05) is 5.88 Å². The lowest BCUT2D eigenvalue weighted by atomic mass is 9.95. The molecular weight excluding hydrogens is 212 g/mol. The molecule has 0 N–H and O–H groups in total. The fourth-order valence-electron chi connectivity index (χ4n) is 1.55. The van der Waals surface area contributed by atoms with Gasteiger partial charge in [0.15, 0.2) is 0 Å². The molecule has 0 aromatic carbocycles. The second-order valence-corrected chi connectivity index (χ2v) is 4.07. The van der Waals surface area contributed by atoms with Gasteiger partial charge < -0.3 is 0 Å². The van der Waals surface area contributed by atoms with Gasteiger partial charge in [-0.25, -0.2) is 0 Å². The molecule has 0 saturated heterocycles. The molecular formula is C11H17ClN2O. The minimum Gasteiger partial charge on any atom is -0.300 e. The minimum absolute atomic E-state index is 0.0389. The third-order valence-electron chi connectivity index (χ3n) is 2.53. The summed E-state index contributed by atoms with van der Waals surface area (Å²) < 4.78 is 1.87. The number of carbonyl (C=O) groups is 1. The molecule has 3 nitrogen and oxygen atoms in total. The molecule has 1 aromatic heterocycles. The highest BCUT2D eigenvalue weighted by Crippen LogP contribution is 2.13. The summed E-state index contributed by atoms with van der Waals surface area (Å²) in [4.78, 5) is 11.3. The van der Waals surface area contributed by atoms with E-state index >= 15 is 0 Å². The number of nitrogens with zero attached hydrogens (tertiary/aromatic N) is 2. The van der Waals surface area contributed by atoms with E-state index in [2.05, 4.69) is 5.10 Å². The van der Waals surface area contributed by atoms with Crippen LogP contribution in [0, 0.1) is 5.92 Å². The van der Waals surface area contributed by atoms with E-state index in [4.69, 9.17) is 11.6 Å². The molecule has 0 amide bonds. The van der Waals surface area contributed by atoms with E-state index in [0.29, 0.717) is 5.88 Å². The van der Waals surface area contributed by atoms with E-state index in [-0.39, 0.29) is 11.7 Å². The maximum atomic E-state index is 11.3.